The highest BCUT2D eigenvalue weighted by Gasteiger charge is 2.16. The molecule has 0 unspecified atom stereocenters. The zero-order chi connectivity index (χ0) is 14.7. The minimum Gasteiger partial charge on any atom is -0.355 e. The molecule has 1 N–H and O–H groups in total. The predicted molar refractivity (Wildman–Crippen MR) is 84.3 cm³/mol. The Bertz CT molecular complexity index is 592. The Kier molecular flexibility index (Phi) is 4.68. The van der Waals surface area contributed by atoms with Gasteiger partial charge in [0.25, 0.3) is 0 Å². The molecule has 1 heterocycles. The van der Waals surface area contributed by atoms with Crippen molar-refractivity contribution in [3.05, 3.63) is 46.1 Å². The summed E-state index contributed by atoms with van der Waals surface area (Å²) in [7, 11) is 6.01. The number of nitrogens with zero attached hydrogens (tertiary/aromatic N) is 3. The van der Waals surface area contributed by atoms with Gasteiger partial charge in [-0.05, 0) is 31.7 Å². The molecule has 1 aromatic carbocycles. The van der Waals surface area contributed by atoms with Crippen LogP contribution in [0.4, 0.5) is 5.82 Å². The van der Waals surface area contributed by atoms with Crippen molar-refractivity contribution in [2.24, 2.45) is 7.05 Å². The number of hydrogen-bond donors (Lipinski definition) is 1. The molecule has 1 aromatic heterocycles. The molecule has 2 rings (SSSR count). The van der Waals surface area contributed by atoms with Gasteiger partial charge in [0, 0.05) is 37.8 Å². The van der Waals surface area contributed by atoms with Crippen molar-refractivity contribution in [3.63, 3.8) is 0 Å². The van der Waals surface area contributed by atoms with Gasteiger partial charge < -0.3 is 10.2 Å². The second-order valence-electron chi connectivity index (χ2n) is 5.03. The first-order valence-electron chi connectivity index (χ1n) is 6.65. The Labute approximate surface area is 125 Å². The number of hydrogen-bond acceptors (Lipinski definition) is 3. The Morgan fingerprint density at radius 2 is 2.15 bits per heavy atom. The fourth-order valence-corrected chi connectivity index (χ4v) is 2.75. The van der Waals surface area contributed by atoms with Gasteiger partial charge in [-0.25, -0.2) is 0 Å². The molecule has 0 spiro atoms. The Hall–Kier alpha value is -1.52. The van der Waals surface area contributed by atoms with Gasteiger partial charge in [0.15, 0.2) is 0 Å². The highest BCUT2D eigenvalue weighted by molar-refractivity contribution is 6.30. The van der Waals surface area contributed by atoms with Crippen LogP contribution >= 0.6 is 11.6 Å². The van der Waals surface area contributed by atoms with Gasteiger partial charge in [0.1, 0.15) is 5.82 Å². The van der Waals surface area contributed by atoms with E-state index in [0.717, 1.165) is 29.6 Å². The zero-order valence-corrected chi connectivity index (χ0v) is 13.2. The molecule has 0 aliphatic heterocycles. The number of anilines is 1. The lowest BCUT2D eigenvalue weighted by Gasteiger charge is -2.21. The van der Waals surface area contributed by atoms with Crippen LogP contribution in [-0.2, 0) is 20.1 Å². The molecular formula is C15H21ClN4. The van der Waals surface area contributed by atoms with Gasteiger partial charge in [-0.15, -0.1) is 0 Å². The first kappa shape index (κ1) is 14.9. The van der Waals surface area contributed by atoms with Crippen molar-refractivity contribution in [1.29, 1.82) is 0 Å². The standard InChI is InChI=1S/C15H21ClN4/c1-11-14(9-17-2)15(20(4)18-11)19(3)10-12-6-5-7-13(16)8-12/h5-8,17H,9-10H2,1-4H3. The summed E-state index contributed by atoms with van der Waals surface area (Å²) in [5.41, 5.74) is 3.49. The predicted octanol–water partition coefficient (Wildman–Crippen LogP) is 2.74. The lowest BCUT2D eigenvalue weighted by Crippen LogP contribution is -2.21. The average molecular weight is 293 g/mol. The van der Waals surface area contributed by atoms with Crippen LogP contribution in [0.15, 0.2) is 24.3 Å². The monoisotopic (exact) mass is 292 g/mol. The van der Waals surface area contributed by atoms with E-state index in [-0.39, 0.29) is 0 Å². The summed E-state index contributed by atoms with van der Waals surface area (Å²) >= 11 is 6.04. The highest BCUT2D eigenvalue weighted by Crippen LogP contribution is 2.24. The molecule has 0 amide bonds. The topological polar surface area (TPSA) is 33.1 Å². The molecule has 0 saturated carbocycles. The maximum absolute atomic E-state index is 6.04. The normalized spacial score (nSPS) is 10.8. The van der Waals surface area contributed by atoms with Crippen molar-refractivity contribution in [2.45, 2.75) is 20.0 Å². The van der Waals surface area contributed by atoms with E-state index >= 15 is 0 Å². The molecule has 2 aromatic rings. The van der Waals surface area contributed by atoms with Gasteiger partial charge >= 0.3 is 0 Å². The number of rotatable bonds is 5. The molecular weight excluding hydrogens is 272 g/mol. The molecule has 0 aliphatic carbocycles. The highest BCUT2D eigenvalue weighted by atomic mass is 35.5. The van der Waals surface area contributed by atoms with E-state index in [2.05, 4.69) is 28.4 Å². The quantitative estimate of drug-likeness (QED) is 0.920. The lowest BCUT2D eigenvalue weighted by molar-refractivity contribution is 0.723. The molecule has 0 fully saturated rings. The van der Waals surface area contributed by atoms with Crippen molar-refractivity contribution in [2.75, 3.05) is 19.0 Å². The Balaban J connectivity index is 2.27. The number of nitrogens with one attached hydrogen (secondary N) is 1. The van der Waals surface area contributed by atoms with Crippen molar-refractivity contribution >= 4 is 17.4 Å². The lowest BCUT2D eigenvalue weighted by atomic mass is 10.2. The van der Waals surface area contributed by atoms with Gasteiger partial charge in [-0.2, -0.15) is 5.10 Å². The molecule has 20 heavy (non-hydrogen) atoms. The van der Waals surface area contributed by atoms with Crippen LogP contribution in [0.3, 0.4) is 0 Å². The fraction of sp³-hybridized carbons (Fsp3) is 0.400. The number of aryl methyl sites for hydroxylation is 2. The van der Waals surface area contributed by atoms with Crippen LogP contribution in [0.2, 0.25) is 5.02 Å². The summed E-state index contributed by atoms with van der Waals surface area (Å²) in [5.74, 6) is 1.14. The van der Waals surface area contributed by atoms with E-state index in [4.69, 9.17) is 11.6 Å². The van der Waals surface area contributed by atoms with Crippen LogP contribution in [0.5, 0.6) is 0 Å². The minimum atomic E-state index is 0.771. The van der Waals surface area contributed by atoms with E-state index < -0.39 is 0 Å². The first-order valence-corrected chi connectivity index (χ1v) is 7.03. The zero-order valence-electron chi connectivity index (χ0n) is 12.4. The second-order valence-corrected chi connectivity index (χ2v) is 5.46. The van der Waals surface area contributed by atoms with Crippen LogP contribution in [0.25, 0.3) is 0 Å². The molecule has 0 bridgehead atoms. The molecule has 4 nitrogen and oxygen atoms in total. The molecule has 5 heteroatoms. The molecule has 0 atom stereocenters. The third-order valence-electron chi connectivity index (χ3n) is 3.34. The summed E-state index contributed by atoms with van der Waals surface area (Å²) in [4.78, 5) is 2.21. The second kappa shape index (κ2) is 6.29. The van der Waals surface area contributed by atoms with Crippen LogP contribution in [-0.4, -0.2) is 23.9 Å². The van der Waals surface area contributed by atoms with Gasteiger partial charge in [0.2, 0.25) is 0 Å². The summed E-state index contributed by atoms with van der Waals surface area (Å²) in [6, 6.07) is 7.96. The Morgan fingerprint density at radius 3 is 2.80 bits per heavy atom. The van der Waals surface area contributed by atoms with Gasteiger partial charge in [-0.3, -0.25) is 4.68 Å². The maximum Gasteiger partial charge on any atom is 0.131 e. The molecule has 108 valence electrons. The average Bonchev–Trinajstić information content (AvgIpc) is 2.65. The van der Waals surface area contributed by atoms with E-state index in [9.17, 15) is 0 Å². The van der Waals surface area contributed by atoms with Gasteiger partial charge in [-0.1, -0.05) is 23.7 Å². The van der Waals surface area contributed by atoms with Crippen LogP contribution in [0.1, 0.15) is 16.8 Å². The third-order valence-corrected chi connectivity index (χ3v) is 3.57. The summed E-state index contributed by atoms with van der Waals surface area (Å²) in [6.07, 6.45) is 0. The SMILES string of the molecule is CNCc1c(C)nn(C)c1N(C)Cc1cccc(Cl)c1. The van der Waals surface area contributed by atoms with Crippen molar-refractivity contribution < 1.29 is 0 Å². The van der Waals surface area contributed by atoms with E-state index in [0.29, 0.717) is 0 Å². The summed E-state index contributed by atoms with van der Waals surface area (Å²) in [5, 5.41) is 8.49. The summed E-state index contributed by atoms with van der Waals surface area (Å²) in [6.45, 7) is 3.66. The first-order chi connectivity index (χ1) is 9.52. The molecule has 0 aliphatic rings. The van der Waals surface area contributed by atoms with E-state index in [1.807, 2.05) is 43.9 Å². The number of halogens is 1. The van der Waals surface area contributed by atoms with E-state index in [1.165, 1.54) is 11.1 Å². The van der Waals surface area contributed by atoms with Gasteiger partial charge in [0.05, 0.1) is 5.69 Å². The van der Waals surface area contributed by atoms with E-state index in [1.54, 1.807) is 0 Å². The molecule has 0 saturated heterocycles. The van der Waals surface area contributed by atoms with Crippen molar-refractivity contribution in [3.8, 4) is 0 Å². The number of benzene rings is 1. The third kappa shape index (κ3) is 3.14. The maximum atomic E-state index is 6.04. The minimum absolute atomic E-state index is 0.771. The Morgan fingerprint density at radius 1 is 1.40 bits per heavy atom. The van der Waals surface area contributed by atoms with Crippen molar-refractivity contribution in [1.82, 2.24) is 15.1 Å². The fourth-order valence-electron chi connectivity index (χ4n) is 2.54. The van der Waals surface area contributed by atoms with Crippen LogP contribution < -0.4 is 10.2 Å². The van der Waals surface area contributed by atoms with Crippen LogP contribution in [0, 0.1) is 6.92 Å². The summed E-state index contributed by atoms with van der Waals surface area (Å²) < 4.78 is 1.94. The largest absolute Gasteiger partial charge is 0.355 e. The molecule has 0 radical (unpaired) electrons. The number of aromatic nitrogens is 2. The smallest absolute Gasteiger partial charge is 0.131 e.